The van der Waals surface area contributed by atoms with Gasteiger partial charge in [-0.2, -0.15) is 5.10 Å². The number of hydrogen-bond acceptors (Lipinski definition) is 4. The third-order valence-corrected chi connectivity index (χ3v) is 4.40. The summed E-state index contributed by atoms with van der Waals surface area (Å²) in [4.78, 5) is 25.0. The van der Waals surface area contributed by atoms with Gasteiger partial charge in [-0.3, -0.25) is 9.59 Å². The van der Waals surface area contributed by atoms with E-state index < -0.39 is 0 Å². The summed E-state index contributed by atoms with van der Waals surface area (Å²) in [7, 11) is 1.57. The molecule has 3 aromatic rings. The van der Waals surface area contributed by atoms with Crippen LogP contribution in [0.3, 0.4) is 0 Å². The Morgan fingerprint density at radius 1 is 1.03 bits per heavy atom. The second-order valence-electron chi connectivity index (χ2n) is 6.63. The standard InChI is InChI=1S/C22H24N4O3/c1-15-14-16(2)26(25-15)18-10-8-17(9-11-18)21(27)24-20-7-5-4-6-19(20)22(28)23-12-13-29-3/h4-11,14H,12-13H2,1-3H3,(H,23,28)(H,24,27). The first-order valence-electron chi connectivity index (χ1n) is 9.31. The van der Waals surface area contributed by atoms with Crippen LogP contribution in [0.2, 0.25) is 0 Å². The molecular formula is C22H24N4O3. The molecule has 3 rings (SSSR count). The highest BCUT2D eigenvalue weighted by Crippen LogP contribution is 2.18. The van der Waals surface area contributed by atoms with Gasteiger partial charge in [0.05, 0.1) is 29.2 Å². The number of carbonyl (C=O) groups is 2. The zero-order valence-electron chi connectivity index (χ0n) is 16.7. The number of anilines is 1. The number of benzene rings is 2. The second kappa shape index (κ2) is 9.16. The minimum Gasteiger partial charge on any atom is -0.383 e. The number of para-hydroxylation sites is 1. The van der Waals surface area contributed by atoms with Crippen LogP contribution in [0.4, 0.5) is 5.69 Å². The Bertz CT molecular complexity index is 1010. The van der Waals surface area contributed by atoms with E-state index in [-0.39, 0.29) is 11.8 Å². The lowest BCUT2D eigenvalue weighted by atomic mass is 10.1. The maximum Gasteiger partial charge on any atom is 0.255 e. The molecule has 0 unspecified atom stereocenters. The number of nitrogens with zero attached hydrogens (tertiary/aromatic N) is 2. The van der Waals surface area contributed by atoms with Crippen LogP contribution >= 0.6 is 0 Å². The van der Waals surface area contributed by atoms with E-state index >= 15 is 0 Å². The molecule has 0 radical (unpaired) electrons. The molecule has 7 heteroatoms. The van der Waals surface area contributed by atoms with Gasteiger partial charge < -0.3 is 15.4 Å². The van der Waals surface area contributed by atoms with Crippen molar-refractivity contribution in [2.45, 2.75) is 13.8 Å². The first-order chi connectivity index (χ1) is 14.0. The fraction of sp³-hybridized carbons (Fsp3) is 0.227. The Morgan fingerprint density at radius 2 is 1.76 bits per heavy atom. The first-order valence-corrected chi connectivity index (χ1v) is 9.31. The number of rotatable bonds is 7. The van der Waals surface area contributed by atoms with Gasteiger partial charge in [0.2, 0.25) is 0 Å². The van der Waals surface area contributed by atoms with E-state index in [2.05, 4.69) is 15.7 Å². The summed E-state index contributed by atoms with van der Waals surface area (Å²) >= 11 is 0. The van der Waals surface area contributed by atoms with Crippen molar-refractivity contribution in [2.75, 3.05) is 25.6 Å². The average Bonchev–Trinajstić information content (AvgIpc) is 3.06. The molecule has 0 aliphatic heterocycles. The number of aromatic nitrogens is 2. The van der Waals surface area contributed by atoms with Gasteiger partial charge in [-0.25, -0.2) is 4.68 Å². The summed E-state index contributed by atoms with van der Waals surface area (Å²) in [6.07, 6.45) is 0. The minimum atomic E-state index is -0.290. The van der Waals surface area contributed by atoms with Gasteiger partial charge in [0, 0.05) is 24.9 Å². The molecule has 0 aliphatic rings. The molecule has 0 fully saturated rings. The molecule has 150 valence electrons. The molecule has 1 heterocycles. The molecule has 0 spiro atoms. The largest absolute Gasteiger partial charge is 0.383 e. The van der Waals surface area contributed by atoms with Gasteiger partial charge >= 0.3 is 0 Å². The quantitative estimate of drug-likeness (QED) is 0.605. The van der Waals surface area contributed by atoms with E-state index in [9.17, 15) is 9.59 Å². The topological polar surface area (TPSA) is 85.3 Å². The van der Waals surface area contributed by atoms with Crippen LogP contribution < -0.4 is 10.6 Å². The maximum atomic E-state index is 12.7. The van der Waals surface area contributed by atoms with Crippen molar-refractivity contribution < 1.29 is 14.3 Å². The number of methoxy groups -OCH3 is 1. The van der Waals surface area contributed by atoms with Crippen LogP contribution in [0.5, 0.6) is 0 Å². The summed E-state index contributed by atoms with van der Waals surface area (Å²) < 4.78 is 6.77. The molecular weight excluding hydrogens is 368 g/mol. The predicted molar refractivity (Wildman–Crippen MR) is 112 cm³/mol. The Morgan fingerprint density at radius 3 is 2.41 bits per heavy atom. The Labute approximate surface area is 169 Å². The summed E-state index contributed by atoms with van der Waals surface area (Å²) in [5.41, 5.74) is 4.18. The molecule has 0 saturated heterocycles. The van der Waals surface area contributed by atoms with Gasteiger partial charge in [0.15, 0.2) is 0 Å². The normalized spacial score (nSPS) is 10.6. The number of hydrogen-bond donors (Lipinski definition) is 2. The molecule has 1 aromatic heterocycles. The zero-order chi connectivity index (χ0) is 20.8. The monoisotopic (exact) mass is 392 g/mol. The Hall–Kier alpha value is -3.45. The van der Waals surface area contributed by atoms with Crippen LogP contribution in [-0.2, 0) is 4.74 Å². The van der Waals surface area contributed by atoms with E-state index in [0.29, 0.717) is 30.0 Å². The summed E-state index contributed by atoms with van der Waals surface area (Å²) in [5.74, 6) is -0.556. The molecule has 2 aromatic carbocycles. The highest BCUT2D eigenvalue weighted by atomic mass is 16.5. The van der Waals surface area contributed by atoms with Crippen molar-refractivity contribution in [3.8, 4) is 5.69 Å². The number of amides is 2. The van der Waals surface area contributed by atoms with E-state index in [0.717, 1.165) is 17.1 Å². The molecule has 2 amide bonds. The van der Waals surface area contributed by atoms with E-state index in [1.165, 1.54) is 0 Å². The highest BCUT2D eigenvalue weighted by Gasteiger charge is 2.14. The van der Waals surface area contributed by atoms with Crippen molar-refractivity contribution in [2.24, 2.45) is 0 Å². The van der Waals surface area contributed by atoms with Gasteiger partial charge in [-0.1, -0.05) is 12.1 Å². The van der Waals surface area contributed by atoms with Crippen molar-refractivity contribution in [3.63, 3.8) is 0 Å². The molecule has 2 N–H and O–H groups in total. The summed E-state index contributed by atoms with van der Waals surface area (Å²) in [5, 5.41) is 10.0. The fourth-order valence-electron chi connectivity index (χ4n) is 2.99. The smallest absolute Gasteiger partial charge is 0.255 e. The molecule has 0 saturated carbocycles. The van der Waals surface area contributed by atoms with Crippen LogP contribution in [0.25, 0.3) is 5.69 Å². The van der Waals surface area contributed by atoms with Gasteiger partial charge in [-0.05, 0) is 56.3 Å². The third-order valence-electron chi connectivity index (χ3n) is 4.40. The van der Waals surface area contributed by atoms with Gasteiger partial charge in [0.1, 0.15) is 0 Å². The van der Waals surface area contributed by atoms with Crippen molar-refractivity contribution in [1.82, 2.24) is 15.1 Å². The number of ether oxygens (including phenoxy) is 1. The predicted octanol–water partition coefficient (Wildman–Crippen LogP) is 3.12. The lowest BCUT2D eigenvalue weighted by Crippen LogP contribution is -2.28. The lowest BCUT2D eigenvalue weighted by molar-refractivity contribution is 0.0938. The van der Waals surface area contributed by atoms with Crippen LogP contribution in [0, 0.1) is 13.8 Å². The van der Waals surface area contributed by atoms with Crippen molar-refractivity contribution in [1.29, 1.82) is 0 Å². The zero-order valence-corrected chi connectivity index (χ0v) is 16.7. The first kappa shape index (κ1) is 20.3. The minimum absolute atomic E-state index is 0.266. The SMILES string of the molecule is COCCNC(=O)c1ccccc1NC(=O)c1ccc(-n2nc(C)cc2C)cc1. The second-order valence-corrected chi connectivity index (χ2v) is 6.63. The van der Waals surface area contributed by atoms with Gasteiger partial charge in [-0.15, -0.1) is 0 Å². The Kier molecular flexibility index (Phi) is 6.41. The van der Waals surface area contributed by atoms with Crippen molar-refractivity contribution in [3.05, 3.63) is 77.1 Å². The molecule has 29 heavy (non-hydrogen) atoms. The number of aryl methyl sites for hydroxylation is 2. The average molecular weight is 392 g/mol. The van der Waals surface area contributed by atoms with E-state index in [4.69, 9.17) is 4.74 Å². The van der Waals surface area contributed by atoms with Gasteiger partial charge in [0.25, 0.3) is 11.8 Å². The van der Waals surface area contributed by atoms with Crippen molar-refractivity contribution >= 4 is 17.5 Å². The molecule has 0 bridgehead atoms. The third kappa shape index (κ3) is 4.89. The maximum absolute atomic E-state index is 12.7. The molecule has 7 nitrogen and oxygen atoms in total. The van der Waals surface area contributed by atoms with E-state index in [1.54, 1.807) is 43.5 Å². The molecule has 0 aliphatic carbocycles. The summed E-state index contributed by atoms with van der Waals surface area (Å²) in [6, 6.07) is 16.1. The van der Waals surface area contributed by atoms with Crippen LogP contribution in [0.15, 0.2) is 54.6 Å². The lowest BCUT2D eigenvalue weighted by Gasteiger charge is -2.12. The molecule has 0 atom stereocenters. The number of nitrogens with one attached hydrogen (secondary N) is 2. The summed E-state index contributed by atoms with van der Waals surface area (Å²) in [6.45, 7) is 4.73. The van der Waals surface area contributed by atoms with Crippen LogP contribution in [0.1, 0.15) is 32.1 Å². The van der Waals surface area contributed by atoms with E-state index in [1.807, 2.05) is 36.7 Å². The van der Waals surface area contributed by atoms with Crippen LogP contribution in [-0.4, -0.2) is 41.9 Å². The highest BCUT2D eigenvalue weighted by molar-refractivity contribution is 6.09. The fourth-order valence-corrected chi connectivity index (χ4v) is 2.99. The number of carbonyl (C=O) groups excluding carboxylic acids is 2. The Balaban J connectivity index is 1.74.